The fraction of sp³-hybridized carbons (Fsp3) is 0.316. The van der Waals surface area contributed by atoms with Crippen molar-refractivity contribution in [2.45, 2.75) is 30.8 Å². The van der Waals surface area contributed by atoms with Crippen LogP contribution >= 0.6 is 11.6 Å². The van der Waals surface area contributed by atoms with Crippen LogP contribution in [-0.2, 0) is 14.8 Å². The normalized spacial score (nSPS) is 13.7. The Morgan fingerprint density at radius 2 is 1.70 bits per heavy atom. The SMILES string of the molecule is COc1ccccc1C(C)N(C)C(=O)[C@H](C)NS(=O)(=O)c1ccc(Cl)cc1. The van der Waals surface area contributed by atoms with Gasteiger partial charge in [0.05, 0.1) is 24.1 Å². The molecule has 6 nitrogen and oxygen atoms in total. The fourth-order valence-electron chi connectivity index (χ4n) is 2.68. The lowest BCUT2D eigenvalue weighted by atomic mass is 10.1. The molecule has 2 aromatic rings. The number of benzene rings is 2. The van der Waals surface area contributed by atoms with E-state index < -0.39 is 16.1 Å². The molecule has 0 saturated carbocycles. The summed E-state index contributed by atoms with van der Waals surface area (Å²) in [5.41, 5.74) is 0.837. The maximum absolute atomic E-state index is 12.8. The number of para-hydroxylation sites is 1. The average Bonchev–Trinajstić information content (AvgIpc) is 2.66. The van der Waals surface area contributed by atoms with Crippen LogP contribution in [0.25, 0.3) is 0 Å². The Bertz CT molecular complexity index is 900. The van der Waals surface area contributed by atoms with Gasteiger partial charge in [-0.25, -0.2) is 8.42 Å². The lowest BCUT2D eigenvalue weighted by Gasteiger charge is -2.29. The van der Waals surface area contributed by atoms with Crippen molar-refractivity contribution in [1.82, 2.24) is 9.62 Å². The predicted molar refractivity (Wildman–Crippen MR) is 105 cm³/mol. The number of methoxy groups -OCH3 is 1. The second kappa shape index (κ2) is 8.73. The molecule has 1 N–H and O–H groups in total. The second-order valence-electron chi connectivity index (χ2n) is 6.16. The Morgan fingerprint density at radius 3 is 2.30 bits per heavy atom. The zero-order chi connectivity index (χ0) is 20.2. The van der Waals surface area contributed by atoms with Gasteiger partial charge in [0.25, 0.3) is 0 Å². The van der Waals surface area contributed by atoms with E-state index in [-0.39, 0.29) is 16.8 Å². The van der Waals surface area contributed by atoms with Crippen LogP contribution < -0.4 is 9.46 Å². The lowest BCUT2D eigenvalue weighted by molar-refractivity contribution is -0.133. The van der Waals surface area contributed by atoms with Gasteiger partial charge in [0.15, 0.2) is 0 Å². The molecule has 146 valence electrons. The molecule has 0 saturated heterocycles. The highest BCUT2D eigenvalue weighted by atomic mass is 35.5. The van der Waals surface area contributed by atoms with Gasteiger partial charge in [-0.15, -0.1) is 0 Å². The highest BCUT2D eigenvalue weighted by Gasteiger charge is 2.27. The van der Waals surface area contributed by atoms with Gasteiger partial charge < -0.3 is 9.64 Å². The van der Waals surface area contributed by atoms with Crippen molar-refractivity contribution in [3.63, 3.8) is 0 Å². The first-order valence-electron chi connectivity index (χ1n) is 8.35. The molecule has 0 aliphatic rings. The first kappa shape index (κ1) is 21.2. The van der Waals surface area contributed by atoms with Crippen LogP contribution in [0.4, 0.5) is 0 Å². The molecule has 0 aliphatic carbocycles. The summed E-state index contributed by atoms with van der Waals surface area (Å²) in [4.78, 5) is 14.3. The zero-order valence-electron chi connectivity index (χ0n) is 15.6. The maximum Gasteiger partial charge on any atom is 0.241 e. The number of hydrogen-bond donors (Lipinski definition) is 1. The minimum Gasteiger partial charge on any atom is -0.496 e. The molecule has 1 amide bonds. The number of nitrogens with one attached hydrogen (secondary N) is 1. The minimum atomic E-state index is -3.84. The van der Waals surface area contributed by atoms with Gasteiger partial charge in [-0.1, -0.05) is 29.8 Å². The summed E-state index contributed by atoms with van der Waals surface area (Å²) in [7, 11) is -0.642. The second-order valence-corrected chi connectivity index (χ2v) is 8.31. The molecule has 0 aromatic heterocycles. The van der Waals surface area contributed by atoms with E-state index in [0.717, 1.165) is 5.56 Å². The van der Waals surface area contributed by atoms with Crippen LogP contribution in [-0.4, -0.2) is 39.4 Å². The Labute approximate surface area is 165 Å². The summed E-state index contributed by atoms with van der Waals surface area (Å²) in [5, 5.41) is 0.434. The number of hydrogen-bond acceptors (Lipinski definition) is 4. The van der Waals surface area contributed by atoms with Crippen molar-refractivity contribution in [3.05, 3.63) is 59.1 Å². The largest absolute Gasteiger partial charge is 0.496 e. The first-order valence-corrected chi connectivity index (χ1v) is 10.2. The Morgan fingerprint density at radius 1 is 1.11 bits per heavy atom. The molecule has 2 atom stereocenters. The molecule has 0 radical (unpaired) electrons. The van der Waals surface area contributed by atoms with Gasteiger partial charge in [0.1, 0.15) is 5.75 Å². The van der Waals surface area contributed by atoms with Crippen molar-refractivity contribution in [2.75, 3.05) is 14.2 Å². The summed E-state index contributed by atoms with van der Waals surface area (Å²) in [6.45, 7) is 3.37. The molecular weight excluding hydrogens is 388 g/mol. The van der Waals surface area contributed by atoms with E-state index in [9.17, 15) is 13.2 Å². The van der Waals surface area contributed by atoms with E-state index in [1.54, 1.807) is 14.2 Å². The van der Waals surface area contributed by atoms with Gasteiger partial charge in [-0.05, 0) is 44.2 Å². The van der Waals surface area contributed by atoms with Crippen LogP contribution in [0.5, 0.6) is 5.75 Å². The van der Waals surface area contributed by atoms with Crippen LogP contribution in [0.2, 0.25) is 5.02 Å². The molecule has 0 bridgehead atoms. The monoisotopic (exact) mass is 410 g/mol. The van der Waals surface area contributed by atoms with Crippen molar-refractivity contribution < 1.29 is 17.9 Å². The molecule has 2 aromatic carbocycles. The number of nitrogens with zero attached hydrogens (tertiary/aromatic N) is 1. The minimum absolute atomic E-state index is 0.0481. The Hall–Kier alpha value is -2.09. The highest BCUT2D eigenvalue weighted by molar-refractivity contribution is 7.89. The number of ether oxygens (including phenoxy) is 1. The summed E-state index contributed by atoms with van der Waals surface area (Å²) < 4.78 is 32.7. The van der Waals surface area contributed by atoms with Crippen LogP contribution in [0, 0.1) is 0 Å². The van der Waals surface area contributed by atoms with E-state index in [4.69, 9.17) is 16.3 Å². The van der Waals surface area contributed by atoms with E-state index >= 15 is 0 Å². The average molecular weight is 411 g/mol. The molecule has 0 spiro atoms. The quantitative estimate of drug-likeness (QED) is 0.760. The standard InChI is InChI=1S/C19H23ClN2O4S/c1-13(21-27(24,25)16-11-9-15(20)10-12-16)19(23)22(3)14(2)17-7-5-6-8-18(17)26-4/h5-14,21H,1-4H3/t13-,14?/m0/s1. The third-order valence-corrected chi connectivity index (χ3v) is 6.15. The maximum atomic E-state index is 12.8. The summed E-state index contributed by atoms with van der Waals surface area (Å²) in [6.07, 6.45) is 0. The predicted octanol–water partition coefficient (Wildman–Crippen LogP) is 3.24. The highest BCUT2D eigenvalue weighted by Crippen LogP contribution is 2.28. The number of likely N-dealkylation sites (N-methyl/N-ethyl adjacent to an activating group) is 1. The first-order chi connectivity index (χ1) is 12.7. The molecule has 0 heterocycles. The number of rotatable bonds is 7. The zero-order valence-corrected chi connectivity index (χ0v) is 17.2. The summed E-state index contributed by atoms with van der Waals surface area (Å²) >= 11 is 5.79. The van der Waals surface area contributed by atoms with Crippen molar-refractivity contribution in [2.24, 2.45) is 0 Å². The lowest BCUT2D eigenvalue weighted by Crippen LogP contribution is -2.46. The van der Waals surface area contributed by atoms with E-state index in [0.29, 0.717) is 10.8 Å². The Balaban J connectivity index is 2.15. The molecule has 2 rings (SSSR count). The topological polar surface area (TPSA) is 75.7 Å². The smallest absolute Gasteiger partial charge is 0.241 e. The van der Waals surface area contributed by atoms with E-state index in [1.165, 1.54) is 36.1 Å². The van der Waals surface area contributed by atoms with Crippen molar-refractivity contribution in [3.8, 4) is 5.75 Å². The van der Waals surface area contributed by atoms with Gasteiger partial charge >= 0.3 is 0 Å². The van der Waals surface area contributed by atoms with Gasteiger partial charge in [0, 0.05) is 17.6 Å². The van der Waals surface area contributed by atoms with Gasteiger partial charge in [-0.2, -0.15) is 4.72 Å². The number of carbonyl (C=O) groups excluding carboxylic acids is 1. The fourth-order valence-corrected chi connectivity index (χ4v) is 4.00. The van der Waals surface area contributed by atoms with Crippen LogP contribution in [0.1, 0.15) is 25.5 Å². The Kier molecular flexibility index (Phi) is 6.86. The summed E-state index contributed by atoms with van der Waals surface area (Å²) in [5.74, 6) is 0.310. The third-order valence-electron chi connectivity index (χ3n) is 4.34. The number of halogens is 1. The molecule has 0 aliphatic heterocycles. The molecule has 0 fully saturated rings. The molecule has 27 heavy (non-hydrogen) atoms. The molecular formula is C19H23ClN2O4S. The molecule has 1 unspecified atom stereocenters. The third kappa shape index (κ3) is 5.00. The van der Waals surface area contributed by atoms with Gasteiger partial charge in [-0.3, -0.25) is 4.79 Å². The van der Waals surface area contributed by atoms with E-state index in [2.05, 4.69) is 4.72 Å². The van der Waals surface area contributed by atoms with Crippen LogP contribution in [0.15, 0.2) is 53.4 Å². The number of carbonyl (C=O) groups is 1. The molecule has 8 heteroatoms. The summed E-state index contributed by atoms with van der Waals surface area (Å²) in [6, 6.07) is 11.9. The van der Waals surface area contributed by atoms with Gasteiger partial charge in [0.2, 0.25) is 15.9 Å². The van der Waals surface area contributed by atoms with Crippen LogP contribution in [0.3, 0.4) is 0 Å². The van der Waals surface area contributed by atoms with Crippen molar-refractivity contribution >= 4 is 27.5 Å². The number of sulfonamides is 1. The van der Waals surface area contributed by atoms with E-state index in [1.807, 2.05) is 31.2 Å². The van der Waals surface area contributed by atoms with Crippen molar-refractivity contribution in [1.29, 1.82) is 0 Å². The number of amides is 1.